The van der Waals surface area contributed by atoms with Crippen molar-refractivity contribution in [3.8, 4) is 40.1 Å². The minimum Gasteiger partial charge on any atom is -0.508 e. The predicted octanol–water partition coefficient (Wildman–Crippen LogP) is -0.0107. The van der Waals surface area contributed by atoms with Crippen LogP contribution in [0.3, 0.4) is 0 Å². The van der Waals surface area contributed by atoms with Gasteiger partial charge in [0, 0.05) is 11.6 Å². The average molecular weight is 436 g/mol. The Bertz CT molecular complexity index is 1190. The smallest absolute Gasteiger partial charge is 0.259 e. The van der Waals surface area contributed by atoms with Crippen molar-refractivity contribution in [1.82, 2.24) is 0 Å². The zero-order valence-electron chi connectivity index (χ0n) is 15.4. The first-order chi connectivity index (χ1) is 14.7. The summed E-state index contributed by atoms with van der Waals surface area (Å²) >= 11 is 0. The van der Waals surface area contributed by atoms with Crippen molar-refractivity contribution in [2.24, 2.45) is 0 Å². The molecule has 4 unspecified atom stereocenters. The number of phenols is 3. The molecular weight excluding hydrogens is 420 g/mol. The molecule has 7 N–H and O–H groups in total. The highest BCUT2D eigenvalue weighted by Crippen LogP contribution is 2.43. The fourth-order valence-corrected chi connectivity index (χ4v) is 2.99. The number of hydrogen-bond donors (Lipinski definition) is 7. The summed E-state index contributed by atoms with van der Waals surface area (Å²) in [6, 6.07) is 5.94. The Hall–Kier alpha value is -3.55. The lowest BCUT2D eigenvalue weighted by atomic mass is 10.1. The summed E-state index contributed by atoms with van der Waals surface area (Å²) in [7, 11) is 0. The zero-order valence-corrected chi connectivity index (χ0v) is 15.4. The molecule has 0 radical (unpaired) electrons. The number of aromatic hydroxyl groups is 4. The van der Waals surface area contributed by atoms with Gasteiger partial charge in [0.05, 0.1) is 0 Å². The molecule has 1 aliphatic heterocycles. The number of benzene rings is 2. The molecule has 1 aliphatic rings. The maximum absolute atomic E-state index is 12.7. The molecule has 1 aromatic heterocycles. The van der Waals surface area contributed by atoms with Crippen LogP contribution in [0.1, 0.15) is 0 Å². The van der Waals surface area contributed by atoms with E-state index in [1.165, 1.54) is 24.3 Å². The summed E-state index contributed by atoms with van der Waals surface area (Å²) < 4.78 is 10.9. The van der Waals surface area contributed by atoms with E-state index in [0.717, 1.165) is 6.07 Å². The van der Waals surface area contributed by atoms with E-state index in [1.807, 2.05) is 0 Å². The van der Waals surface area contributed by atoms with Crippen molar-refractivity contribution < 1.29 is 54.7 Å². The Balaban J connectivity index is 1.89. The minimum absolute atomic E-state index is 0.0881. The molecule has 0 bridgehead atoms. The summed E-state index contributed by atoms with van der Waals surface area (Å²) in [5.41, 5.74) is -1.43. The number of aliphatic hydroxyl groups is 3. The quantitative estimate of drug-likeness (QED) is 0.271. The van der Waals surface area contributed by atoms with Gasteiger partial charge in [-0.3, -0.25) is 4.79 Å². The van der Waals surface area contributed by atoms with Gasteiger partial charge in [-0.25, -0.2) is 0 Å². The van der Waals surface area contributed by atoms with Crippen LogP contribution >= 0.6 is 0 Å². The largest absolute Gasteiger partial charge is 0.508 e. The predicted molar refractivity (Wildman–Crippen MR) is 99.2 cm³/mol. The van der Waals surface area contributed by atoms with Crippen LogP contribution in [0, 0.1) is 0 Å². The zero-order chi connectivity index (χ0) is 22.4. The van der Waals surface area contributed by atoms with Gasteiger partial charge < -0.3 is 44.9 Å². The molecule has 2 aromatic carbocycles. The van der Waals surface area contributed by atoms with Crippen LogP contribution in [-0.2, 0) is 9.78 Å². The molecule has 1 saturated heterocycles. The molecular formula is C19H16O12. The SMILES string of the molecule is O=c1c(O)c(-c2ccc(O)cc2)oc2c(OC3OOC(O)C(O)C3O)c(O)cc(O)c12. The highest BCUT2D eigenvalue weighted by atomic mass is 17.2. The van der Waals surface area contributed by atoms with E-state index in [-0.39, 0.29) is 17.1 Å². The Labute approximate surface area is 171 Å². The number of ether oxygens (including phenoxy) is 1. The topological polar surface area (TPSA) is 200 Å². The van der Waals surface area contributed by atoms with Gasteiger partial charge in [-0.15, -0.1) is 0 Å². The van der Waals surface area contributed by atoms with Crippen LogP contribution in [0.4, 0.5) is 0 Å². The van der Waals surface area contributed by atoms with Crippen molar-refractivity contribution in [2.75, 3.05) is 0 Å². The van der Waals surface area contributed by atoms with E-state index in [4.69, 9.17) is 9.15 Å². The highest BCUT2D eigenvalue weighted by Gasteiger charge is 2.42. The Morgan fingerprint density at radius 3 is 2.23 bits per heavy atom. The summed E-state index contributed by atoms with van der Waals surface area (Å²) in [6.45, 7) is 0. The highest BCUT2D eigenvalue weighted by molar-refractivity contribution is 5.93. The molecule has 0 amide bonds. The number of aliphatic hydroxyl groups excluding tert-OH is 3. The minimum atomic E-state index is -1.86. The lowest BCUT2D eigenvalue weighted by Gasteiger charge is -2.33. The fraction of sp³-hybridized carbons (Fsp3) is 0.211. The van der Waals surface area contributed by atoms with Gasteiger partial charge in [0.1, 0.15) is 29.1 Å². The maximum atomic E-state index is 12.7. The van der Waals surface area contributed by atoms with Crippen molar-refractivity contribution >= 4 is 11.0 Å². The lowest BCUT2D eigenvalue weighted by Crippen LogP contribution is -2.53. The van der Waals surface area contributed by atoms with E-state index < -0.39 is 64.2 Å². The Morgan fingerprint density at radius 2 is 1.55 bits per heavy atom. The van der Waals surface area contributed by atoms with Gasteiger partial charge in [-0.1, -0.05) is 0 Å². The number of phenolic OH excluding ortho intramolecular Hbond substituents is 3. The van der Waals surface area contributed by atoms with Crippen LogP contribution in [0.5, 0.6) is 28.7 Å². The van der Waals surface area contributed by atoms with Gasteiger partial charge in [0.2, 0.25) is 23.2 Å². The average Bonchev–Trinajstić information content (AvgIpc) is 2.73. The summed E-state index contributed by atoms with van der Waals surface area (Å²) in [5.74, 6) is -3.40. The van der Waals surface area contributed by atoms with Crippen LogP contribution in [-0.4, -0.2) is 60.5 Å². The summed E-state index contributed by atoms with van der Waals surface area (Å²) in [4.78, 5) is 21.7. The van der Waals surface area contributed by atoms with Crippen molar-refractivity contribution in [2.45, 2.75) is 24.8 Å². The number of fused-ring (bicyclic) bond motifs is 1. The molecule has 4 atom stereocenters. The van der Waals surface area contributed by atoms with Gasteiger partial charge >= 0.3 is 0 Å². The lowest BCUT2D eigenvalue weighted by molar-refractivity contribution is -0.477. The van der Waals surface area contributed by atoms with Gasteiger partial charge in [0.15, 0.2) is 17.1 Å². The number of hydrogen-bond acceptors (Lipinski definition) is 12. The molecule has 0 aliphatic carbocycles. The van der Waals surface area contributed by atoms with Crippen LogP contribution in [0.25, 0.3) is 22.3 Å². The van der Waals surface area contributed by atoms with Crippen molar-refractivity contribution in [3.05, 3.63) is 40.6 Å². The van der Waals surface area contributed by atoms with E-state index in [9.17, 15) is 40.5 Å². The number of rotatable bonds is 3. The normalized spacial score (nSPS) is 23.7. The molecule has 1 fully saturated rings. The third-order valence-corrected chi connectivity index (χ3v) is 4.59. The first-order valence-corrected chi connectivity index (χ1v) is 8.76. The Morgan fingerprint density at radius 1 is 0.871 bits per heavy atom. The molecule has 164 valence electrons. The summed E-state index contributed by atoms with van der Waals surface area (Å²) in [5, 5.41) is 68.6. The Kier molecular flexibility index (Phi) is 5.08. The van der Waals surface area contributed by atoms with E-state index in [1.54, 1.807) is 0 Å². The molecule has 2 heterocycles. The first kappa shape index (κ1) is 20.7. The van der Waals surface area contributed by atoms with E-state index >= 15 is 0 Å². The van der Waals surface area contributed by atoms with Crippen LogP contribution in [0.15, 0.2) is 39.5 Å². The standard InChI is InChI=1S/C19H16O12/c20-7-3-1-6(2-4-7)15-12(24)11(23)10-8(21)5-9(22)16(17(10)28-15)29-19-14(26)13(25)18(27)30-31-19/h1-5,13-14,18-22,24-27H. The molecule has 12 nitrogen and oxygen atoms in total. The van der Waals surface area contributed by atoms with Gasteiger partial charge in [-0.2, -0.15) is 9.78 Å². The van der Waals surface area contributed by atoms with Crippen molar-refractivity contribution in [3.63, 3.8) is 0 Å². The molecule has 12 heteroatoms. The van der Waals surface area contributed by atoms with Gasteiger partial charge in [-0.05, 0) is 24.3 Å². The molecule has 0 saturated carbocycles. The summed E-state index contributed by atoms with van der Waals surface area (Å²) in [6.07, 6.45) is -7.32. The van der Waals surface area contributed by atoms with Gasteiger partial charge in [0.25, 0.3) is 6.29 Å². The van der Waals surface area contributed by atoms with E-state index in [0.29, 0.717) is 0 Å². The maximum Gasteiger partial charge on any atom is 0.259 e. The molecule has 0 spiro atoms. The van der Waals surface area contributed by atoms with Crippen LogP contribution in [0.2, 0.25) is 0 Å². The second kappa shape index (κ2) is 7.61. The van der Waals surface area contributed by atoms with Crippen LogP contribution < -0.4 is 10.2 Å². The molecule has 3 aromatic rings. The first-order valence-electron chi connectivity index (χ1n) is 8.76. The second-order valence-electron chi connectivity index (χ2n) is 6.65. The second-order valence-corrected chi connectivity index (χ2v) is 6.65. The molecule has 4 rings (SSSR count). The monoisotopic (exact) mass is 436 g/mol. The third-order valence-electron chi connectivity index (χ3n) is 4.59. The van der Waals surface area contributed by atoms with Crippen molar-refractivity contribution in [1.29, 1.82) is 0 Å². The fourth-order valence-electron chi connectivity index (χ4n) is 2.99. The molecule has 31 heavy (non-hydrogen) atoms. The third kappa shape index (κ3) is 3.48. The van der Waals surface area contributed by atoms with E-state index in [2.05, 4.69) is 9.78 Å².